The maximum Gasteiger partial charge on any atom is 0.141 e. The number of hydrogen-bond donors (Lipinski definition) is 1. The minimum absolute atomic E-state index is 0.537. The largest absolute Gasteiger partial charge is 0.332 e. The van der Waals surface area contributed by atoms with Crippen LogP contribution >= 0.6 is 11.6 Å². The molecule has 0 bridgehead atoms. The van der Waals surface area contributed by atoms with E-state index in [9.17, 15) is 0 Å². The van der Waals surface area contributed by atoms with Gasteiger partial charge in [0.05, 0.1) is 0 Å². The second-order valence-electron chi connectivity index (χ2n) is 3.65. The summed E-state index contributed by atoms with van der Waals surface area (Å²) in [4.78, 5) is 4.34. The lowest BCUT2D eigenvalue weighted by molar-refractivity contribution is 0.665. The molecule has 2 rings (SSSR count). The van der Waals surface area contributed by atoms with Crippen LogP contribution < -0.4 is 5.73 Å². The van der Waals surface area contributed by atoms with E-state index in [0.29, 0.717) is 11.7 Å². The van der Waals surface area contributed by atoms with E-state index in [1.165, 1.54) is 5.56 Å². The molecule has 3 nitrogen and oxygen atoms in total. The summed E-state index contributed by atoms with van der Waals surface area (Å²) in [5.74, 6) is 0. The van der Waals surface area contributed by atoms with E-state index in [1.807, 2.05) is 12.1 Å². The van der Waals surface area contributed by atoms with E-state index in [4.69, 9.17) is 17.3 Å². The van der Waals surface area contributed by atoms with Gasteiger partial charge in [0.1, 0.15) is 10.8 Å². The number of pyridine rings is 1. The standard InChI is InChI=1S/C11H14ClN3/c1-8-7-15(6-2-5-13)11-9(8)3-4-10(12)14-11/h3-4,7H,2,5-6,13H2,1H3. The zero-order valence-corrected chi connectivity index (χ0v) is 9.46. The number of fused-ring (bicyclic) bond motifs is 1. The molecule has 0 spiro atoms. The van der Waals surface area contributed by atoms with Crippen molar-refractivity contribution < 1.29 is 0 Å². The fourth-order valence-electron chi connectivity index (χ4n) is 1.75. The summed E-state index contributed by atoms with van der Waals surface area (Å²) < 4.78 is 2.11. The Morgan fingerprint density at radius 2 is 2.27 bits per heavy atom. The van der Waals surface area contributed by atoms with Gasteiger partial charge >= 0.3 is 0 Å². The van der Waals surface area contributed by atoms with Gasteiger partial charge < -0.3 is 10.3 Å². The fourth-order valence-corrected chi connectivity index (χ4v) is 1.89. The van der Waals surface area contributed by atoms with Crippen LogP contribution in [0.4, 0.5) is 0 Å². The first-order valence-corrected chi connectivity index (χ1v) is 5.42. The summed E-state index contributed by atoms with van der Waals surface area (Å²) in [6, 6.07) is 3.84. The molecule has 0 aliphatic heterocycles. The molecule has 0 unspecified atom stereocenters. The summed E-state index contributed by atoms with van der Waals surface area (Å²) in [6.07, 6.45) is 3.06. The Balaban J connectivity index is 2.49. The predicted octanol–water partition coefficient (Wildman–Crippen LogP) is 2.35. The first kappa shape index (κ1) is 10.5. The Hall–Kier alpha value is -1.06. The van der Waals surface area contributed by atoms with Crippen molar-refractivity contribution in [2.45, 2.75) is 19.9 Å². The van der Waals surface area contributed by atoms with Gasteiger partial charge in [0.15, 0.2) is 0 Å². The van der Waals surface area contributed by atoms with Crippen molar-refractivity contribution in [1.29, 1.82) is 0 Å². The molecule has 2 N–H and O–H groups in total. The van der Waals surface area contributed by atoms with E-state index in [-0.39, 0.29) is 0 Å². The molecule has 0 aromatic carbocycles. The minimum Gasteiger partial charge on any atom is -0.332 e. The van der Waals surface area contributed by atoms with Gasteiger partial charge in [-0.2, -0.15) is 0 Å². The van der Waals surface area contributed by atoms with E-state index >= 15 is 0 Å². The summed E-state index contributed by atoms with van der Waals surface area (Å²) in [6.45, 7) is 3.67. The van der Waals surface area contributed by atoms with Crippen molar-refractivity contribution in [3.63, 3.8) is 0 Å². The van der Waals surface area contributed by atoms with Gasteiger partial charge in [0, 0.05) is 18.1 Å². The van der Waals surface area contributed by atoms with Crippen molar-refractivity contribution in [2.24, 2.45) is 5.73 Å². The smallest absolute Gasteiger partial charge is 0.141 e. The number of halogens is 1. The highest BCUT2D eigenvalue weighted by atomic mass is 35.5. The monoisotopic (exact) mass is 223 g/mol. The third kappa shape index (κ3) is 1.98. The molecule has 0 saturated heterocycles. The highest BCUT2D eigenvalue weighted by molar-refractivity contribution is 6.29. The highest BCUT2D eigenvalue weighted by Gasteiger charge is 2.06. The average Bonchev–Trinajstić information content (AvgIpc) is 2.52. The Bertz CT molecular complexity index is 476. The average molecular weight is 224 g/mol. The Morgan fingerprint density at radius 1 is 1.47 bits per heavy atom. The summed E-state index contributed by atoms with van der Waals surface area (Å²) in [5, 5.41) is 1.70. The molecule has 0 aliphatic carbocycles. The van der Waals surface area contributed by atoms with Crippen LogP contribution in [0.25, 0.3) is 11.0 Å². The molecule has 15 heavy (non-hydrogen) atoms. The maximum atomic E-state index is 5.88. The van der Waals surface area contributed by atoms with E-state index in [1.54, 1.807) is 0 Å². The third-order valence-corrected chi connectivity index (χ3v) is 2.70. The van der Waals surface area contributed by atoms with Crippen LogP contribution in [0.3, 0.4) is 0 Å². The molecule has 0 saturated carbocycles. The summed E-state index contributed by atoms with van der Waals surface area (Å²) in [7, 11) is 0. The highest BCUT2D eigenvalue weighted by Crippen LogP contribution is 2.21. The number of nitrogens with zero attached hydrogens (tertiary/aromatic N) is 2. The Kier molecular flexibility index (Phi) is 2.93. The molecular formula is C11H14ClN3. The lowest BCUT2D eigenvalue weighted by Crippen LogP contribution is -2.05. The number of nitrogens with two attached hydrogens (primary N) is 1. The maximum absolute atomic E-state index is 5.88. The Labute approximate surface area is 93.9 Å². The van der Waals surface area contributed by atoms with Gasteiger partial charge in [-0.1, -0.05) is 11.6 Å². The SMILES string of the molecule is Cc1cn(CCCN)c2nc(Cl)ccc12. The molecular weight excluding hydrogens is 210 g/mol. The topological polar surface area (TPSA) is 43.8 Å². The third-order valence-electron chi connectivity index (χ3n) is 2.49. The van der Waals surface area contributed by atoms with Crippen LogP contribution in [0.15, 0.2) is 18.3 Å². The first-order valence-electron chi connectivity index (χ1n) is 5.04. The number of hydrogen-bond acceptors (Lipinski definition) is 2. The molecule has 80 valence electrons. The Morgan fingerprint density at radius 3 is 3.00 bits per heavy atom. The first-order chi connectivity index (χ1) is 7.22. The lowest BCUT2D eigenvalue weighted by Gasteiger charge is -2.02. The van der Waals surface area contributed by atoms with Gasteiger partial charge in [0.25, 0.3) is 0 Å². The van der Waals surface area contributed by atoms with Crippen molar-refractivity contribution in [2.75, 3.05) is 6.54 Å². The zero-order valence-electron chi connectivity index (χ0n) is 8.70. The van der Waals surface area contributed by atoms with E-state index in [2.05, 4.69) is 22.7 Å². The van der Waals surface area contributed by atoms with E-state index < -0.39 is 0 Å². The minimum atomic E-state index is 0.537. The molecule has 0 fully saturated rings. The molecule has 2 aromatic rings. The van der Waals surface area contributed by atoms with Crippen LogP contribution in [0.5, 0.6) is 0 Å². The molecule has 2 heterocycles. The lowest BCUT2D eigenvalue weighted by atomic mass is 10.2. The predicted molar refractivity (Wildman–Crippen MR) is 63.2 cm³/mol. The molecule has 4 heteroatoms. The van der Waals surface area contributed by atoms with Gasteiger partial charge in [-0.15, -0.1) is 0 Å². The van der Waals surface area contributed by atoms with Crippen LogP contribution in [-0.2, 0) is 6.54 Å². The second-order valence-corrected chi connectivity index (χ2v) is 4.04. The quantitative estimate of drug-likeness (QED) is 0.812. The fraction of sp³-hybridized carbons (Fsp3) is 0.364. The number of rotatable bonds is 3. The molecule has 0 radical (unpaired) electrons. The second kappa shape index (κ2) is 4.21. The van der Waals surface area contributed by atoms with Crippen molar-refractivity contribution in [3.05, 3.63) is 29.0 Å². The number of aryl methyl sites for hydroxylation is 2. The zero-order chi connectivity index (χ0) is 10.8. The van der Waals surface area contributed by atoms with Crippen LogP contribution in [0, 0.1) is 6.92 Å². The van der Waals surface area contributed by atoms with E-state index in [0.717, 1.165) is 24.0 Å². The van der Waals surface area contributed by atoms with Gasteiger partial charge in [-0.25, -0.2) is 4.98 Å². The molecule has 0 atom stereocenters. The normalized spacial score (nSPS) is 11.1. The van der Waals surface area contributed by atoms with Gasteiger partial charge in [-0.3, -0.25) is 0 Å². The number of aromatic nitrogens is 2. The van der Waals surface area contributed by atoms with Crippen molar-refractivity contribution in [1.82, 2.24) is 9.55 Å². The molecule has 2 aromatic heterocycles. The van der Waals surface area contributed by atoms with Crippen molar-refractivity contribution in [3.8, 4) is 0 Å². The van der Waals surface area contributed by atoms with Gasteiger partial charge in [-0.05, 0) is 37.6 Å². The van der Waals surface area contributed by atoms with Crippen LogP contribution in [0.2, 0.25) is 5.15 Å². The summed E-state index contributed by atoms with van der Waals surface area (Å²) in [5.41, 5.74) is 7.68. The summed E-state index contributed by atoms with van der Waals surface area (Å²) >= 11 is 5.88. The van der Waals surface area contributed by atoms with Crippen LogP contribution in [0.1, 0.15) is 12.0 Å². The van der Waals surface area contributed by atoms with Gasteiger partial charge in [0.2, 0.25) is 0 Å². The molecule has 0 aliphatic rings. The van der Waals surface area contributed by atoms with Crippen molar-refractivity contribution >= 4 is 22.6 Å². The van der Waals surface area contributed by atoms with Crippen LogP contribution in [-0.4, -0.2) is 16.1 Å². The molecule has 0 amide bonds.